The summed E-state index contributed by atoms with van der Waals surface area (Å²) in [4.78, 5) is 23.8. The predicted octanol–water partition coefficient (Wildman–Crippen LogP) is 2.90. The van der Waals surface area contributed by atoms with E-state index in [1.807, 2.05) is 34.6 Å². The van der Waals surface area contributed by atoms with Crippen LogP contribution >= 0.6 is 0 Å². The first kappa shape index (κ1) is 15.0. The van der Waals surface area contributed by atoms with E-state index in [9.17, 15) is 9.59 Å². The number of hydrogen-bond acceptors (Lipinski definition) is 3. The van der Waals surface area contributed by atoms with Crippen molar-refractivity contribution in [2.75, 3.05) is 0 Å². The fourth-order valence-corrected chi connectivity index (χ4v) is 1.82. The van der Waals surface area contributed by atoms with E-state index in [-0.39, 0.29) is 11.7 Å². The zero-order valence-corrected chi connectivity index (χ0v) is 12.1. The molecule has 1 atom stereocenters. The van der Waals surface area contributed by atoms with E-state index in [4.69, 9.17) is 4.74 Å². The third-order valence-corrected chi connectivity index (χ3v) is 2.72. The fourth-order valence-electron chi connectivity index (χ4n) is 1.82. The van der Waals surface area contributed by atoms with Crippen molar-refractivity contribution in [2.45, 2.75) is 65.5 Å². The first-order valence-corrected chi connectivity index (χ1v) is 6.72. The number of hydrogen-bond donors (Lipinski definition) is 1. The van der Waals surface area contributed by atoms with Gasteiger partial charge in [0.1, 0.15) is 5.60 Å². The van der Waals surface area contributed by atoms with Crippen molar-refractivity contribution in [3.8, 4) is 0 Å². The molecule has 0 bridgehead atoms. The van der Waals surface area contributed by atoms with Crippen LogP contribution in [0.2, 0.25) is 0 Å². The summed E-state index contributed by atoms with van der Waals surface area (Å²) in [6.07, 6.45) is 2.10. The number of amides is 1. The van der Waals surface area contributed by atoms with E-state index >= 15 is 0 Å². The molecule has 18 heavy (non-hydrogen) atoms. The van der Waals surface area contributed by atoms with Crippen molar-refractivity contribution < 1.29 is 14.3 Å². The standard InChI is InChI=1S/C14H25NO3/c1-9(2)8-11(12(16)10-6-7-10)15-13(17)18-14(3,4)5/h9-11H,6-8H2,1-5H3,(H,15,17)/t11-/m0/s1. The Labute approximate surface area is 109 Å². The van der Waals surface area contributed by atoms with Crippen LogP contribution < -0.4 is 5.32 Å². The summed E-state index contributed by atoms with van der Waals surface area (Å²) in [5.74, 6) is 0.686. The maximum Gasteiger partial charge on any atom is 0.408 e. The molecule has 0 aromatic rings. The van der Waals surface area contributed by atoms with Gasteiger partial charge in [-0.1, -0.05) is 13.8 Å². The van der Waals surface area contributed by atoms with Gasteiger partial charge in [-0.3, -0.25) is 4.79 Å². The highest BCUT2D eigenvalue weighted by atomic mass is 16.6. The molecule has 1 saturated carbocycles. The first-order valence-electron chi connectivity index (χ1n) is 6.72. The maximum absolute atomic E-state index is 12.1. The fraction of sp³-hybridized carbons (Fsp3) is 0.857. The Balaban J connectivity index is 2.54. The average molecular weight is 255 g/mol. The minimum absolute atomic E-state index is 0.156. The van der Waals surface area contributed by atoms with Crippen LogP contribution in [0.25, 0.3) is 0 Å². The Morgan fingerprint density at radius 3 is 2.22 bits per heavy atom. The first-order chi connectivity index (χ1) is 8.19. The third kappa shape index (κ3) is 5.52. The zero-order valence-electron chi connectivity index (χ0n) is 12.1. The normalized spacial score (nSPS) is 17.4. The molecule has 0 heterocycles. The number of carbonyl (C=O) groups excluding carboxylic acids is 2. The number of ketones is 1. The van der Waals surface area contributed by atoms with Gasteiger partial charge in [-0.15, -0.1) is 0 Å². The lowest BCUT2D eigenvalue weighted by Gasteiger charge is -2.24. The molecule has 0 unspecified atom stereocenters. The summed E-state index contributed by atoms with van der Waals surface area (Å²) in [5, 5.41) is 2.72. The molecule has 0 saturated heterocycles. The van der Waals surface area contributed by atoms with Crippen LogP contribution in [-0.4, -0.2) is 23.5 Å². The van der Waals surface area contributed by atoms with Gasteiger partial charge >= 0.3 is 6.09 Å². The Bertz CT molecular complexity index is 313. The monoisotopic (exact) mass is 255 g/mol. The van der Waals surface area contributed by atoms with Gasteiger partial charge in [-0.05, 0) is 46.0 Å². The smallest absolute Gasteiger partial charge is 0.408 e. The number of carbonyl (C=O) groups is 2. The molecule has 0 aromatic carbocycles. The quantitative estimate of drug-likeness (QED) is 0.821. The topological polar surface area (TPSA) is 55.4 Å². The summed E-state index contributed by atoms with van der Waals surface area (Å²) in [6.45, 7) is 9.53. The summed E-state index contributed by atoms with van der Waals surface area (Å²) >= 11 is 0. The van der Waals surface area contributed by atoms with Gasteiger partial charge < -0.3 is 10.1 Å². The van der Waals surface area contributed by atoms with Crippen molar-refractivity contribution in [1.82, 2.24) is 5.32 Å². The molecule has 1 fully saturated rings. The Morgan fingerprint density at radius 2 is 1.83 bits per heavy atom. The second-order valence-electron chi connectivity index (χ2n) is 6.51. The molecule has 104 valence electrons. The molecule has 4 heteroatoms. The highest BCUT2D eigenvalue weighted by Gasteiger charge is 2.36. The Kier molecular flexibility index (Phi) is 4.77. The number of Topliss-reactive ketones (excluding diaryl/α,β-unsaturated/α-hetero) is 1. The van der Waals surface area contributed by atoms with Crippen LogP contribution in [0, 0.1) is 11.8 Å². The van der Waals surface area contributed by atoms with Crippen LogP contribution in [0.5, 0.6) is 0 Å². The minimum atomic E-state index is -0.533. The molecule has 0 aromatic heterocycles. The highest BCUT2D eigenvalue weighted by molar-refractivity contribution is 5.90. The predicted molar refractivity (Wildman–Crippen MR) is 70.3 cm³/mol. The van der Waals surface area contributed by atoms with Gasteiger partial charge in [-0.25, -0.2) is 4.79 Å². The third-order valence-electron chi connectivity index (χ3n) is 2.72. The molecular formula is C14H25NO3. The van der Waals surface area contributed by atoms with Crippen molar-refractivity contribution >= 4 is 11.9 Å². The van der Waals surface area contributed by atoms with Crippen LogP contribution in [0.3, 0.4) is 0 Å². The molecule has 1 aliphatic rings. The highest BCUT2D eigenvalue weighted by Crippen LogP contribution is 2.32. The lowest BCUT2D eigenvalue weighted by atomic mass is 9.98. The molecule has 1 aliphatic carbocycles. The lowest BCUT2D eigenvalue weighted by molar-refractivity contribution is -0.122. The van der Waals surface area contributed by atoms with Gasteiger partial charge in [0.05, 0.1) is 6.04 Å². The number of rotatable bonds is 5. The Hall–Kier alpha value is -1.06. The second kappa shape index (κ2) is 5.72. The van der Waals surface area contributed by atoms with Gasteiger partial charge in [0.2, 0.25) is 0 Å². The van der Waals surface area contributed by atoms with Crippen LogP contribution in [0.15, 0.2) is 0 Å². The summed E-state index contributed by atoms with van der Waals surface area (Å²) in [5.41, 5.74) is -0.533. The SMILES string of the molecule is CC(C)C[C@H](NC(=O)OC(C)(C)C)C(=O)C1CC1. The molecule has 1 N–H and O–H groups in total. The van der Waals surface area contributed by atoms with Gasteiger partial charge in [0.15, 0.2) is 5.78 Å². The molecule has 4 nitrogen and oxygen atoms in total. The number of alkyl carbamates (subject to hydrolysis) is 1. The molecular weight excluding hydrogens is 230 g/mol. The van der Waals surface area contributed by atoms with Gasteiger partial charge in [-0.2, -0.15) is 0 Å². The van der Waals surface area contributed by atoms with Crippen molar-refractivity contribution in [1.29, 1.82) is 0 Å². The maximum atomic E-state index is 12.1. The van der Waals surface area contributed by atoms with Crippen molar-refractivity contribution in [3.63, 3.8) is 0 Å². The second-order valence-corrected chi connectivity index (χ2v) is 6.51. The van der Waals surface area contributed by atoms with Crippen molar-refractivity contribution in [2.24, 2.45) is 11.8 Å². The molecule has 0 aliphatic heterocycles. The molecule has 0 radical (unpaired) electrons. The number of nitrogens with one attached hydrogen (secondary N) is 1. The summed E-state index contributed by atoms with van der Waals surface area (Å²) < 4.78 is 5.20. The van der Waals surface area contributed by atoms with Gasteiger partial charge in [0, 0.05) is 5.92 Å². The van der Waals surface area contributed by atoms with E-state index in [0.717, 1.165) is 12.8 Å². The van der Waals surface area contributed by atoms with E-state index in [2.05, 4.69) is 5.32 Å². The van der Waals surface area contributed by atoms with E-state index in [1.54, 1.807) is 0 Å². The molecule has 0 spiro atoms. The van der Waals surface area contributed by atoms with Crippen molar-refractivity contribution in [3.05, 3.63) is 0 Å². The minimum Gasteiger partial charge on any atom is -0.444 e. The number of ether oxygens (including phenoxy) is 1. The van der Waals surface area contributed by atoms with E-state index < -0.39 is 17.7 Å². The van der Waals surface area contributed by atoms with E-state index in [0.29, 0.717) is 12.3 Å². The van der Waals surface area contributed by atoms with Crippen LogP contribution in [-0.2, 0) is 9.53 Å². The summed E-state index contributed by atoms with van der Waals surface area (Å²) in [6, 6.07) is -0.396. The van der Waals surface area contributed by atoms with E-state index in [1.165, 1.54) is 0 Å². The zero-order chi connectivity index (χ0) is 13.9. The molecule has 1 amide bonds. The summed E-state index contributed by atoms with van der Waals surface area (Å²) in [7, 11) is 0. The average Bonchev–Trinajstić information content (AvgIpc) is 2.94. The van der Waals surface area contributed by atoms with Crippen LogP contribution in [0.1, 0.15) is 53.9 Å². The van der Waals surface area contributed by atoms with Gasteiger partial charge in [0.25, 0.3) is 0 Å². The molecule has 1 rings (SSSR count). The lowest BCUT2D eigenvalue weighted by Crippen LogP contribution is -2.44. The Morgan fingerprint density at radius 1 is 1.28 bits per heavy atom. The van der Waals surface area contributed by atoms with Crippen LogP contribution in [0.4, 0.5) is 4.79 Å². The largest absolute Gasteiger partial charge is 0.444 e.